The first-order valence-corrected chi connectivity index (χ1v) is 10.1. The van der Waals surface area contributed by atoms with Gasteiger partial charge in [0.25, 0.3) is 5.91 Å². The molecule has 2 unspecified atom stereocenters. The summed E-state index contributed by atoms with van der Waals surface area (Å²) < 4.78 is 7.04. The number of aromatic nitrogens is 3. The fraction of sp³-hybridized carbons (Fsp3) is 0.450. The maximum absolute atomic E-state index is 12.8. The van der Waals surface area contributed by atoms with Crippen LogP contribution in [0, 0.1) is 0 Å². The molecule has 156 valence electrons. The molecule has 10 nitrogen and oxygen atoms in total. The Morgan fingerprint density at radius 1 is 1.23 bits per heavy atom. The van der Waals surface area contributed by atoms with Crippen molar-refractivity contribution in [1.82, 2.24) is 30.5 Å². The van der Waals surface area contributed by atoms with Crippen LogP contribution in [0.1, 0.15) is 40.9 Å². The van der Waals surface area contributed by atoms with Crippen molar-refractivity contribution < 1.29 is 19.1 Å². The topological polar surface area (TPSA) is 118 Å². The third kappa shape index (κ3) is 3.48. The Morgan fingerprint density at radius 3 is 2.93 bits per heavy atom. The van der Waals surface area contributed by atoms with Gasteiger partial charge in [-0.2, -0.15) is 0 Å². The first kappa shape index (κ1) is 18.9. The van der Waals surface area contributed by atoms with Crippen LogP contribution in [-0.2, 0) is 27.4 Å². The van der Waals surface area contributed by atoms with E-state index in [1.54, 1.807) is 10.7 Å². The third-order valence-corrected chi connectivity index (χ3v) is 5.81. The lowest BCUT2D eigenvalue weighted by Crippen LogP contribution is -2.52. The number of ether oxygens (including phenoxy) is 1. The molecule has 2 saturated heterocycles. The van der Waals surface area contributed by atoms with Crippen molar-refractivity contribution in [2.45, 2.75) is 44.4 Å². The number of fused-ring (bicyclic) bond motifs is 1. The van der Waals surface area contributed by atoms with Crippen molar-refractivity contribution in [3.05, 3.63) is 41.2 Å². The quantitative estimate of drug-likeness (QED) is 0.661. The summed E-state index contributed by atoms with van der Waals surface area (Å²) in [5, 5.41) is 14.1. The SMILES string of the molecule is O=C1CCC(N2Cc3cc(-n4cc(CNC5CCOC5)nn4)ccc3C2=O)C(=O)N1. The van der Waals surface area contributed by atoms with Crippen LogP contribution >= 0.6 is 0 Å². The molecule has 5 rings (SSSR count). The van der Waals surface area contributed by atoms with Crippen molar-refractivity contribution in [2.75, 3.05) is 13.2 Å². The highest BCUT2D eigenvalue weighted by Gasteiger charge is 2.39. The predicted octanol–water partition coefficient (Wildman–Crippen LogP) is -0.0932. The number of rotatable bonds is 5. The number of piperidine rings is 1. The molecule has 30 heavy (non-hydrogen) atoms. The molecule has 10 heteroatoms. The normalized spacial score (nSPS) is 23.7. The van der Waals surface area contributed by atoms with E-state index in [9.17, 15) is 14.4 Å². The van der Waals surface area contributed by atoms with Crippen molar-refractivity contribution >= 4 is 17.7 Å². The maximum Gasteiger partial charge on any atom is 0.255 e. The first-order valence-electron chi connectivity index (χ1n) is 10.1. The molecule has 2 aromatic rings. The molecule has 3 aliphatic rings. The summed E-state index contributed by atoms with van der Waals surface area (Å²) >= 11 is 0. The summed E-state index contributed by atoms with van der Waals surface area (Å²) in [6.07, 6.45) is 3.45. The minimum Gasteiger partial charge on any atom is -0.380 e. The van der Waals surface area contributed by atoms with Gasteiger partial charge < -0.3 is 15.0 Å². The van der Waals surface area contributed by atoms with E-state index in [1.165, 1.54) is 4.90 Å². The van der Waals surface area contributed by atoms with Gasteiger partial charge in [0.15, 0.2) is 0 Å². The van der Waals surface area contributed by atoms with E-state index < -0.39 is 11.9 Å². The van der Waals surface area contributed by atoms with Gasteiger partial charge in [0, 0.05) is 37.7 Å². The van der Waals surface area contributed by atoms with Crippen LogP contribution in [0.15, 0.2) is 24.4 Å². The van der Waals surface area contributed by atoms with Crippen molar-refractivity contribution in [2.24, 2.45) is 0 Å². The average Bonchev–Trinajstić information content (AvgIpc) is 3.47. The van der Waals surface area contributed by atoms with Crippen molar-refractivity contribution in [1.29, 1.82) is 0 Å². The van der Waals surface area contributed by atoms with Crippen molar-refractivity contribution in [3.8, 4) is 5.69 Å². The number of nitrogens with one attached hydrogen (secondary N) is 2. The molecular formula is C20H22N6O4. The molecule has 1 aromatic carbocycles. The molecule has 0 spiro atoms. The smallest absolute Gasteiger partial charge is 0.255 e. The van der Waals surface area contributed by atoms with Crippen LogP contribution < -0.4 is 10.6 Å². The third-order valence-electron chi connectivity index (χ3n) is 5.81. The molecule has 0 saturated carbocycles. The van der Waals surface area contributed by atoms with Gasteiger partial charge in [0.2, 0.25) is 11.8 Å². The van der Waals surface area contributed by atoms with Crippen LogP contribution in [-0.4, -0.2) is 62.9 Å². The monoisotopic (exact) mass is 410 g/mol. The molecule has 4 heterocycles. The molecule has 2 atom stereocenters. The molecule has 3 amide bonds. The summed E-state index contributed by atoms with van der Waals surface area (Å²) in [5.41, 5.74) is 3.03. The Balaban J connectivity index is 1.30. The largest absolute Gasteiger partial charge is 0.380 e. The lowest BCUT2D eigenvalue weighted by molar-refractivity contribution is -0.136. The minimum atomic E-state index is -0.616. The average molecular weight is 410 g/mol. The van der Waals surface area contributed by atoms with Crippen molar-refractivity contribution in [3.63, 3.8) is 0 Å². The second-order valence-corrected chi connectivity index (χ2v) is 7.84. The first-order chi connectivity index (χ1) is 14.6. The van der Waals surface area contributed by atoms with Crippen LogP contribution in [0.3, 0.4) is 0 Å². The Morgan fingerprint density at radius 2 is 2.13 bits per heavy atom. The van der Waals surface area contributed by atoms with Gasteiger partial charge in [0.05, 0.1) is 24.2 Å². The summed E-state index contributed by atoms with van der Waals surface area (Å²) in [6.45, 7) is 2.45. The van der Waals surface area contributed by atoms with Gasteiger partial charge in [0.1, 0.15) is 6.04 Å². The second-order valence-electron chi connectivity index (χ2n) is 7.84. The van der Waals surface area contributed by atoms with Crippen LogP contribution in [0.5, 0.6) is 0 Å². The highest BCUT2D eigenvalue weighted by molar-refractivity contribution is 6.05. The molecule has 1 aromatic heterocycles. The fourth-order valence-electron chi connectivity index (χ4n) is 4.15. The summed E-state index contributed by atoms with van der Waals surface area (Å²) in [7, 11) is 0. The number of carbonyl (C=O) groups excluding carboxylic acids is 3. The summed E-state index contributed by atoms with van der Waals surface area (Å²) in [6, 6.07) is 5.21. The number of benzene rings is 1. The zero-order valence-corrected chi connectivity index (χ0v) is 16.3. The summed E-state index contributed by atoms with van der Waals surface area (Å²) in [5.74, 6) is -0.887. The number of imide groups is 1. The fourth-order valence-corrected chi connectivity index (χ4v) is 4.15. The summed E-state index contributed by atoms with van der Waals surface area (Å²) in [4.78, 5) is 37.9. The van der Waals surface area contributed by atoms with E-state index in [1.807, 2.05) is 18.3 Å². The van der Waals surface area contributed by atoms with Gasteiger partial charge in [-0.3, -0.25) is 19.7 Å². The Hall–Kier alpha value is -3.11. The van der Waals surface area contributed by atoms with Crippen LogP contribution in [0.25, 0.3) is 5.69 Å². The lowest BCUT2D eigenvalue weighted by Gasteiger charge is -2.29. The zero-order chi connectivity index (χ0) is 20.7. The van der Waals surface area contributed by atoms with Gasteiger partial charge >= 0.3 is 0 Å². The van der Waals surface area contributed by atoms with E-state index in [4.69, 9.17) is 4.74 Å². The van der Waals surface area contributed by atoms with E-state index >= 15 is 0 Å². The molecule has 2 N–H and O–H groups in total. The molecule has 0 bridgehead atoms. The Labute approximate surface area is 172 Å². The molecular weight excluding hydrogens is 388 g/mol. The predicted molar refractivity (Wildman–Crippen MR) is 103 cm³/mol. The van der Waals surface area contributed by atoms with Gasteiger partial charge in [-0.25, -0.2) is 4.68 Å². The van der Waals surface area contributed by atoms with E-state index in [-0.39, 0.29) is 18.2 Å². The van der Waals surface area contributed by atoms with E-state index in [0.717, 1.165) is 36.6 Å². The van der Waals surface area contributed by atoms with Gasteiger partial charge in [-0.05, 0) is 36.6 Å². The number of carbonyl (C=O) groups is 3. The molecule has 3 aliphatic heterocycles. The second kappa shape index (κ2) is 7.62. The molecule has 0 aliphatic carbocycles. The zero-order valence-electron chi connectivity index (χ0n) is 16.3. The number of nitrogens with zero attached hydrogens (tertiary/aromatic N) is 4. The number of amides is 3. The highest BCUT2D eigenvalue weighted by Crippen LogP contribution is 2.29. The molecule has 0 radical (unpaired) electrons. The molecule has 2 fully saturated rings. The minimum absolute atomic E-state index is 0.187. The number of hydrogen-bond donors (Lipinski definition) is 2. The number of hydrogen-bond acceptors (Lipinski definition) is 7. The van der Waals surface area contributed by atoms with Gasteiger partial charge in [-0.1, -0.05) is 5.21 Å². The van der Waals surface area contributed by atoms with E-state index in [0.29, 0.717) is 31.1 Å². The highest BCUT2D eigenvalue weighted by atomic mass is 16.5. The van der Waals surface area contributed by atoms with E-state index in [2.05, 4.69) is 20.9 Å². The Kier molecular flexibility index (Phi) is 4.80. The van der Waals surface area contributed by atoms with Crippen LogP contribution in [0.2, 0.25) is 0 Å². The maximum atomic E-state index is 12.8. The lowest BCUT2D eigenvalue weighted by atomic mass is 10.0. The standard InChI is InChI=1S/C20H22N6O4/c27-18-4-3-17(19(28)22-18)25-9-12-7-15(1-2-16(12)20(25)29)26-10-14(23-24-26)8-21-13-5-6-30-11-13/h1-2,7,10,13,17,21H,3-6,8-9,11H2,(H,22,27,28). The van der Waals surface area contributed by atoms with Gasteiger partial charge in [-0.15, -0.1) is 5.10 Å². The van der Waals surface area contributed by atoms with Crippen LogP contribution in [0.4, 0.5) is 0 Å². The Bertz CT molecular complexity index is 1010.